The van der Waals surface area contributed by atoms with E-state index < -0.39 is 7.12 Å². The van der Waals surface area contributed by atoms with Crippen molar-refractivity contribution >= 4 is 12.7 Å². The van der Waals surface area contributed by atoms with Gasteiger partial charge in [-0.1, -0.05) is 29.8 Å². The zero-order chi connectivity index (χ0) is 16.0. The molecule has 2 heterocycles. The van der Waals surface area contributed by atoms with E-state index in [2.05, 4.69) is 64.0 Å². The van der Waals surface area contributed by atoms with Crippen molar-refractivity contribution in [1.82, 2.24) is 9.78 Å². The predicted molar refractivity (Wildman–Crippen MR) is 88.2 cm³/mol. The molecule has 22 heavy (non-hydrogen) atoms. The first-order valence-corrected chi connectivity index (χ1v) is 7.71. The van der Waals surface area contributed by atoms with Crippen molar-refractivity contribution < 1.29 is 9.31 Å². The van der Waals surface area contributed by atoms with E-state index in [4.69, 9.17) is 9.31 Å². The van der Waals surface area contributed by atoms with Gasteiger partial charge in [0, 0.05) is 6.20 Å². The van der Waals surface area contributed by atoms with Gasteiger partial charge in [-0.25, -0.2) is 0 Å². The van der Waals surface area contributed by atoms with Crippen molar-refractivity contribution in [2.45, 2.75) is 52.4 Å². The molecule has 1 fully saturated rings. The zero-order valence-corrected chi connectivity index (χ0v) is 14.0. The van der Waals surface area contributed by atoms with E-state index >= 15 is 0 Å². The zero-order valence-electron chi connectivity index (χ0n) is 14.0. The molecule has 0 bridgehead atoms. The van der Waals surface area contributed by atoms with Crippen LogP contribution in [0.1, 0.15) is 38.8 Å². The summed E-state index contributed by atoms with van der Waals surface area (Å²) in [5, 5.41) is 4.61. The van der Waals surface area contributed by atoms with Gasteiger partial charge in [-0.15, -0.1) is 0 Å². The van der Waals surface area contributed by atoms with Crippen molar-refractivity contribution in [3.63, 3.8) is 0 Å². The highest BCUT2D eigenvalue weighted by molar-refractivity contribution is 6.61. The molecule has 0 atom stereocenters. The Labute approximate surface area is 132 Å². The van der Waals surface area contributed by atoms with Crippen LogP contribution in [0.5, 0.6) is 0 Å². The quantitative estimate of drug-likeness (QED) is 0.817. The largest absolute Gasteiger partial charge is 0.516 e. The van der Waals surface area contributed by atoms with Crippen LogP contribution in [0, 0.1) is 6.92 Å². The molecule has 5 heteroatoms. The van der Waals surface area contributed by atoms with Gasteiger partial charge in [0.25, 0.3) is 0 Å². The Kier molecular flexibility index (Phi) is 3.65. The summed E-state index contributed by atoms with van der Waals surface area (Å²) in [5.74, 6) is 0. The Bertz CT molecular complexity index is 663. The van der Waals surface area contributed by atoms with E-state index in [1.54, 1.807) is 0 Å². The molecule has 1 aliphatic heterocycles. The van der Waals surface area contributed by atoms with Gasteiger partial charge in [-0.05, 0) is 46.2 Å². The Balaban J connectivity index is 1.75. The minimum Gasteiger partial charge on any atom is -0.398 e. The number of hydrogen-bond acceptors (Lipinski definition) is 3. The smallest absolute Gasteiger partial charge is 0.398 e. The van der Waals surface area contributed by atoms with E-state index in [1.807, 2.05) is 16.9 Å². The molecule has 3 rings (SSSR count). The van der Waals surface area contributed by atoms with Crippen LogP contribution in [0.4, 0.5) is 0 Å². The van der Waals surface area contributed by atoms with E-state index in [9.17, 15) is 0 Å². The van der Waals surface area contributed by atoms with E-state index in [0.29, 0.717) is 0 Å². The summed E-state index contributed by atoms with van der Waals surface area (Å²) in [5.41, 5.74) is 2.65. The Hall–Kier alpha value is -1.59. The van der Waals surface area contributed by atoms with Gasteiger partial charge in [0.1, 0.15) is 0 Å². The first-order chi connectivity index (χ1) is 10.3. The Morgan fingerprint density at radius 3 is 2.41 bits per heavy atom. The highest BCUT2D eigenvalue weighted by atomic mass is 16.7. The van der Waals surface area contributed by atoms with Crippen LogP contribution in [0.2, 0.25) is 0 Å². The second-order valence-electron chi connectivity index (χ2n) is 7.02. The Morgan fingerprint density at radius 2 is 1.77 bits per heavy atom. The molecule has 0 spiro atoms. The van der Waals surface area contributed by atoms with Crippen LogP contribution in [-0.2, 0) is 15.9 Å². The molecule has 1 aromatic heterocycles. The molecule has 1 aliphatic rings. The second kappa shape index (κ2) is 5.25. The molecule has 1 saturated heterocycles. The lowest BCUT2D eigenvalue weighted by Crippen LogP contribution is -2.41. The highest BCUT2D eigenvalue weighted by Gasteiger charge is 2.52. The third-order valence-electron chi connectivity index (χ3n) is 4.58. The normalized spacial score (nSPS) is 19.6. The van der Waals surface area contributed by atoms with Crippen LogP contribution < -0.4 is 5.59 Å². The number of aromatic nitrogens is 2. The summed E-state index contributed by atoms with van der Waals surface area (Å²) < 4.78 is 14.0. The van der Waals surface area contributed by atoms with Gasteiger partial charge in [-0.3, -0.25) is 4.68 Å². The average molecular weight is 298 g/mol. The minimum atomic E-state index is -0.399. The third-order valence-corrected chi connectivity index (χ3v) is 4.58. The predicted octanol–water partition coefficient (Wildman–Crippen LogP) is 2.54. The molecule has 2 aromatic rings. The van der Waals surface area contributed by atoms with Crippen molar-refractivity contribution in [2.24, 2.45) is 0 Å². The maximum Gasteiger partial charge on any atom is 0.516 e. The summed E-state index contributed by atoms with van der Waals surface area (Å²) in [7, 11) is -0.399. The number of nitrogens with zero attached hydrogens (tertiary/aromatic N) is 2. The lowest BCUT2D eigenvalue weighted by atomic mass is 9.85. The van der Waals surface area contributed by atoms with Crippen molar-refractivity contribution in [3.05, 3.63) is 47.7 Å². The summed E-state index contributed by atoms with van der Waals surface area (Å²) >= 11 is 0. The van der Waals surface area contributed by atoms with Gasteiger partial charge in [0.2, 0.25) is 0 Å². The fourth-order valence-electron chi connectivity index (χ4n) is 2.55. The minimum absolute atomic E-state index is 0.335. The first-order valence-electron chi connectivity index (χ1n) is 7.71. The van der Waals surface area contributed by atoms with Crippen LogP contribution in [0.15, 0.2) is 36.5 Å². The number of benzene rings is 1. The van der Waals surface area contributed by atoms with Crippen molar-refractivity contribution in [3.8, 4) is 0 Å². The monoisotopic (exact) mass is 298 g/mol. The fraction of sp³-hybridized carbons (Fsp3) is 0.471. The SMILES string of the molecule is Cc1cccc(Cn2ccc(B3OC(C)(C)C(C)(C)O3)n2)c1. The van der Waals surface area contributed by atoms with Crippen LogP contribution in [0.25, 0.3) is 0 Å². The molecule has 0 saturated carbocycles. The molecule has 116 valence electrons. The van der Waals surface area contributed by atoms with E-state index in [0.717, 1.165) is 12.1 Å². The number of hydrogen-bond donors (Lipinski definition) is 0. The van der Waals surface area contributed by atoms with Crippen molar-refractivity contribution in [2.75, 3.05) is 0 Å². The average Bonchev–Trinajstić information content (AvgIpc) is 2.93. The fourth-order valence-corrected chi connectivity index (χ4v) is 2.55. The highest BCUT2D eigenvalue weighted by Crippen LogP contribution is 2.36. The van der Waals surface area contributed by atoms with Gasteiger partial charge in [-0.2, -0.15) is 5.10 Å². The molecular formula is C17H23BN2O2. The maximum absolute atomic E-state index is 6.03. The summed E-state index contributed by atoms with van der Waals surface area (Å²) in [4.78, 5) is 0. The lowest BCUT2D eigenvalue weighted by molar-refractivity contribution is 0.00578. The van der Waals surface area contributed by atoms with Gasteiger partial charge in [0.15, 0.2) is 0 Å². The molecule has 0 aliphatic carbocycles. The molecule has 0 N–H and O–H groups in total. The molecular weight excluding hydrogens is 275 g/mol. The number of rotatable bonds is 3. The van der Waals surface area contributed by atoms with Gasteiger partial charge >= 0.3 is 7.12 Å². The molecule has 0 radical (unpaired) electrons. The van der Waals surface area contributed by atoms with Crippen LogP contribution in [-0.4, -0.2) is 28.1 Å². The summed E-state index contributed by atoms with van der Waals surface area (Å²) in [6.45, 7) is 11.1. The van der Waals surface area contributed by atoms with E-state index in [-0.39, 0.29) is 11.2 Å². The first kappa shape index (κ1) is 15.3. The lowest BCUT2D eigenvalue weighted by Gasteiger charge is -2.32. The second-order valence-corrected chi connectivity index (χ2v) is 7.02. The molecule has 1 aromatic carbocycles. The van der Waals surface area contributed by atoms with E-state index in [1.165, 1.54) is 11.1 Å². The van der Waals surface area contributed by atoms with Crippen molar-refractivity contribution in [1.29, 1.82) is 0 Å². The third kappa shape index (κ3) is 2.83. The summed E-state index contributed by atoms with van der Waals surface area (Å²) in [6, 6.07) is 10.4. The molecule has 0 unspecified atom stereocenters. The standard InChI is InChI=1S/C17H23BN2O2/c1-13-7-6-8-14(11-13)12-20-10-9-15(19-20)18-21-16(2,3)17(4,5)22-18/h6-11H,12H2,1-5H3. The molecule has 4 nitrogen and oxygen atoms in total. The van der Waals surface area contributed by atoms with Gasteiger partial charge < -0.3 is 9.31 Å². The van der Waals surface area contributed by atoms with Crippen LogP contribution >= 0.6 is 0 Å². The van der Waals surface area contributed by atoms with Crippen LogP contribution in [0.3, 0.4) is 0 Å². The van der Waals surface area contributed by atoms with Gasteiger partial charge in [0.05, 0.1) is 23.3 Å². The number of aryl methyl sites for hydroxylation is 1. The summed E-state index contributed by atoms with van der Waals surface area (Å²) in [6.07, 6.45) is 1.97. The molecule has 0 amide bonds. The maximum atomic E-state index is 6.03. The topological polar surface area (TPSA) is 36.3 Å². The Morgan fingerprint density at radius 1 is 1.09 bits per heavy atom.